The van der Waals surface area contributed by atoms with Gasteiger partial charge >= 0.3 is 0 Å². The lowest BCUT2D eigenvalue weighted by atomic mass is 9.81. The first-order valence-electron chi connectivity index (χ1n) is 11.7. The zero-order chi connectivity index (χ0) is 21.8. The summed E-state index contributed by atoms with van der Waals surface area (Å²) < 4.78 is 0. The normalized spacial score (nSPS) is 27.9. The maximum atomic E-state index is 13.0. The molecule has 4 atom stereocenters. The fourth-order valence-electron chi connectivity index (χ4n) is 5.51. The Morgan fingerprint density at radius 2 is 1.97 bits per heavy atom. The van der Waals surface area contributed by atoms with E-state index in [0.717, 1.165) is 44.8 Å². The molecule has 2 heterocycles. The average molecular weight is 441 g/mol. The van der Waals surface area contributed by atoms with Gasteiger partial charge in [-0.3, -0.25) is 9.59 Å². The van der Waals surface area contributed by atoms with E-state index in [1.807, 2.05) is 0 Å². The van der Waals surface area contributed by atoms with Crippen molar-refractivity contribution in [1.82, 2.24) is 10.2 Å². The van der Waals surface area contributed by atoms with Crippen molar-refractivity contribution in [2.45, 2.75) is 69.9 Å². The van der Waals surface area contributed by atoms with E-state index in [4.69, 9.17) is 12.2 Å². The SMILES string of the molecule is O=C[C@@H]1CCCN1C(=O)[C@H]1NCC(=S)C1C(=O)CCCC[C@@H]1CCc2ccccc2C1. The Balaban J connectivity index is 1.26. The molecule has 0 bridgehead atoms. The van der Waals surface area contributed by atoms with Crippen molar-refractivity contribution in [3.05, 3.63) is 35.4 Å². The van der Waals surface area contributed by atoms with E-state index in [1.165, 1.54) is 17.5 Å². The predicted octanol–water partition coefficient (Wildman–Crippen LogP) is 3.07. The number of ketones is 1. The molecule has 1 amide bonds. The quantitative estimate of drug-likeness (QED) is 0.382. The first-order valence-corrected chi connectivity index (χ1v) is 12.1. The van der Waals surface area contributed by atoms with Crippen molar-refractivity contribution in [1.29, 1.82) is 0 Å². The lowest BCUT2D eigenvalue weighted by Crippen LogP contribution is -2.50. The monoisotopic (exact) mass is 440 g/mol. The first kappa shape index (κ1) is 22.3. The molecule has 3 aliphatic rings. The molecule has 1 aromatic rings. The largest absolute Gasteiger partial charge is 0.332 e. The summed E-state index contributed by atoms with van der Waals surface area (Å²) in [4.78, 5) is 39.5. The highest BCUT2D eigenvalue weighted by atomic mass is 32.1. The molecule has 31 heavy (non-hydrogen) atoms. The third-order valence-corrected chi connectivity index (χ3v) is 7.66. The minimum absolute atomic E-state index is 0.0733. The number of aryl methyl sites for hydroxylation is 1. The standard InChI is InChI=1S/C25H32N2O3S/c28-16-20-9-5-13-27(20)25(30)24-23(22(31)15-26-24)21(29)10-4-1-6-17-11-12-18-7-2-3-8-19(18)14-17/h2-3,7-8,16-17,20,23-24,26H,1,4-6,9-15H2/t17-,20+,23?,24+/m1/s1. The van der Waals surface area contributed by atoms with Gasteiger partial charge in [0.25, 0.3) is 0 Å². The fraction of sp³-hybridized carbons (Fsp3) is 0.600. The molecule has 1 N–H and O–H groups in total. The van der Waals surface area contributed by atoms with Crippen LogP contribution >= 0.6 is 12.2 Å². The highest BCUT2D eigenvalue weighted by molar-refractivity contribution is 7.80. The molecule has 4 rings (SSSR count). The van der Waals surface area contributed by atoms with Gasteiger partial charge in [0.1, 0.15) is 18.1 Å². The number of carbonyl (C=O) groups excluding carboxylic acids is 3. The fourth-order valence-corrected chi connectivity index (χ4v) is 5.86. The summed E-state index contributed by atoms with van der Waals surface area (Å²) in [7, 11) is 0. The molecule has 1 aromatic carbocycles. The molecule has 5 nitrogen and oxygen atoms in total. The Morgan fingerprint density at radius 3 is 2.77 bits per heavy atom. The van der Waals surface area contributed by atoms with Crippen LogP contribution in [-0.2, 0) is 27.2 Å². The van der Waals surface area contributed by atoms with E-state index >= 15 is 0 Å². The van der Waals surface area contributed by atoms with Crippen LogP contribution in [0.5, 0.6) is 0 Å². The second kappa shape index (κ2) is 10.1. The number of rotatable bonds is 8. The molecule has 0 saturated carbocycles. The summed E-state index contributed by atoms with van der Waals surface area (Å²) in [6.07, 6.45) is 9.40. The lowest BCUT2D eigenvalue weighted by molar-refractivity contribution is -0.138. The Bertz CT molecular complexity index is 855. The summed E-state index contributed by atoms with van der Waals surface area (Å²) in [6, 6.07) is 7.75. The molecular weight excluding hydrogens is 408 g/mol. The molecule has 0 radical (unpaired) electrons. The second-order valence-corrected chi connectivity index (χ2v) is 9.79. The van der Waals surface area contributed by atoms with Crippen LogP contribution in [0.1, 0.15) is 56.1 Å². The molecule has 1 unspecified atom stereocenters. The smallest absolute Gasteiger partial charge is 0.241 e. The summed E-state index contributed by atoms with van der Waals surface area (Å²) >= 11 is 5.44. The highest BCUT2D eigenvalue weighted by Gasteiger charge is 2.44. The number of carbonyl (C=O) groups is 3. The van der Waals surface area contributed by atoms with Gasteiger partial charge in [-0.05, 0) is 55.6 Å². The number of Topliss-reactive ketones (excluding diaryl/α,β-unsaturated/α-hetero) is 1. The second-order valence-electron chi connectivity index (χ2n) is 9.27. The molecule has 166 valence electrons. The van der Waals surface area contributed by atoms with Crippen molar-refractivity contribution in [3.8, 4) is 0 Å². The third-order valence-electron chi connectivity index (χ3n) is 7.26. The molecule has 2 saturated heterocycles. The molecular formula is C25H32N2O3S. The van der Waals surface area contributed by atoms with Gasteiger partial charge in [0.05, 0.1) is 12.0 Å². The van der Waals surface area contributed by atoms with Crippen molar-refractivity contribution in [3.63, 3.8) is 0 Å². The maximum Gasteiger partial charge on any atom is 0.241 e. The number of amides is 1. The van der Waals surface area contributed by atoms with E-state index in [-0.39, 0.29) is 17.7 Å². The number of likely N-dealkylation sites (tertiary alicyclic amines) is 1. The van der Waals surface area contributed by atoms with E-state index in [2.05, 4.69) is 29.6 Å². The van der Waals surface area contributed by atoms with Crippen molar-refractivity contribution < 1.29 is 14.4 Å². The van der Waals surface area contributed by atoms with Crippen molar-refractivity contribution in [2.24, 2.45) is 11.8 Å². The number of hydrogen-bond acceptors (Lipinski definition) is 5. The minimum atomic E-state index is -0.601. The zero-order valence-corrected chi connectivity index (χ0v) is 18.9. The summed E-state index contributed by atoms with van der Waals surface area (Å²) in [5, 5.41) is 3.14. The lowest BCUT2D eigenvalue weighted by Gasteiger charge is -2.27. The number of unbranched alkanes of at least 4 members (excludes halogenated alkanes) is 1. The highest BCUT2D eigenvalue weighted by Crippen LogP contribution is 2.29. The first-order chi connectivity index (χ1) is 15.1. The van der Waals surface area contributed by atoms with Crippen LogP contribution in [0.15, 0.2) is 24.3 Å². The van der Waals surface area contributed by atoms with Gasteiger partial charge in [0.15, 0.2) is 0 Å². The summed E-state index contributed by atoms with van der Waals surface area (Å²) in [5.41, 5.74) is 2.97. The molecule has 1 aliphatic carbocycles. The zero-order valence-electron chi connectivity index (χ0n) is 18.1. The minimum Gasteiger partial charge on any atom is -0.332 e. The van der Waals surface area contributed by atoms with Crippen LogP contribution < -0.4 is 5.32 Å². The molecule has 2 aliphatic heterocycles. The predicted molar refractivity (Wildman–Crippen MR) is 124 cm³/mol. The number of benzene rings is 1. The van der Waals surface area contributed by atoms with Gasteiger partial charge in [0.2, 0.25) is 5.91 Å². The topological polar surface area (TPSA) is 66.5 Å². The number of thiocarbonyl (C=S) groups is 1. The number of fused-ring (bicyclic) bond motifs is 1. The van der Waals surface area contributed by atoms with E-state index in [1.54, 1.807) is 4.90 Å². The number of nitrogens with zero attached hydrogens (tertiary/aromatic N) is 1. The van der Waals surface area contributed by atoms with Gasteiger partial charge in [-0.2, -0.15) is 0 Å². The molecule has 0 spiro atoms. The Morgan fingerprint density at radius 1 is 1.16 bits per heavy atom. The van der Waals surface area contributed by atoms with Crippen molar-refractivity contribution >= 4 is 35.1 Å². The Hall–Kier alpha value is -1.92. The van der Waals surface area contributed by atoms with Gasteiger partial charge in [0, 0.05) is 24.4 Å². The van der Waals surface area contributed by atoms with E-state index < -0.39 is 12.0 Å². The number of hydrogen-bond donors (Lipinski definition) is 1. The van der Waals surface area contributed by atoms with Crippen LogP contribution in [0.25, 0.3) is 0 Å². The van der Waals surface area contributed by atoms with Gasteiger partial charge in [-0.25, -0.2) is 0 Å². The number of nitrogens with one attached hydrogen (secondary N) is 1. The van der Waals surface area contributed by atoms with Crippen LogP contribution in [0, 0.1) is 11.8 Å². The number of aldehydes is 1. The van der Waals surface area contributed by atoms with Crippen LogP contribution in [-0.4, -0.2) is 52.9 Å². The van der Waals surface area contributed by atoms with E-state index in [0.29, 0.717) is 36.7 Å². The Kier molecular flexibility index (Phi) is 7.28. The van der Waals surface area contributed by atoms with Crippen LogP contribution in [0.3, 0.4) is 0 Å². The summed E-state index contributed by atoms with van der Waals surface area (Å²) in [5.74, 6) is 0.0961. The average Bonchev–Trinajstić information content (AvgIpc) is 3.42. The van der Waals surface area contributed by atoms with Crippen molar-refractivity contribution in [2.75, 3.05) is 13.1 Å². The van der Waals surface area contributed by atoms with Crippen LogP contribution in [0.4, 0.5) is 0 Å². The van der Waals surface area contributed by atoms with Crippen LogP contribution in [0.2, 0.25) is 0 Å². The Labute approximate surface area is 190 Å². The summed E-state index contributed by atoms with van der Waals surface area (Å²) in [6.45, 7) is 1.00. The molecule has 2 fully saturated rings. The molecule has 6 heteroatoms. The van der Waals surface area contributed by atoms with Gasteiger partial charge < -0.3 is 15.0 Å². The third kappa shape index (κ3) is 4.96. The van der Waals surface area contributed by atoms with Gasteiger partial charge in [-0.15, -0.1) is 0 Å². The van der Waals surface area contributed by atoms with E-state index in [9.17, 15) is 14.4 Å². The molecule has 0 aromatic heterocycles. The maximum absolute atomic E-state index is 13.0. The van der Waals surface area contributed by atoms with Gasteiger partial charge in [-0.1, -0.05) is 49.3 Å².